The van der Waals surface area contributed by atoms with Crippen LogP contribution in [0.1, 0.15) is 94.0 Å². The van der Waals surface area contributed by atoms with Crippen LogP contribution in [0.4, 0.5) is 4.39 Å². The van der Waals surface area contributed by atoms with Gasteiger partial charge in [-0.15, -0.1) is 0 Å². The molecule has 2 aromatic carbocycles. The highest BCUT2D eigenvalue weighted by molar-refractivity contribution is 6.04. The highest BCUT2D eigenvalue weighted by Gasteiger charge is 2.32. The Morgan fingerprint density at radius 2 is 1.87 bits per heavy atom. The van der Waals surface area contributed by atoms with E-state index < -0.39 is 17.8 Å². The second-order valence-electron chi connectivity index (χ2n) is 13.1. The third-order valence-electron chi connectivity index (χ3n) is 9.29. The molecule has 11 nitrogen and oxygen atoms in total. The number of aryl methyl sites for hydroxylation is 2. The van der Waals surface area contributed by atoms with Gasteiger partial charge in [-0.2, -0.15) is 10.1 Å². The Balaban J connectivity index is 1.34. The second-order valence-corrected chi connectivity index (χ2v) is 13.1. The summed E-state index contributed by atoms with van der Waals surface area (Å²) in [6, 6.07) is 12.2. The number of hydrogen-bond donors (Lipinski definition) is 3. The number of nitrogens with one attached hydrogen (secondary N) is 1. The van der Waals surface area contributed by atoms with Crippen molar-refractivity contribution in [1.82, 2.24) is 24.6 Å². The molecule has 2 aliphatic rings. The number of aromatic nitrogens is 4. The number of ether oxygens (including phenoxy) is 1. The first-order valence-corrected chi connectivity index (χ1v) is 16.4. The molecule has 3 N–H and O–H groups in total. The van der Waals surface area contributed by atoms with E-state index in [1.54, 1.807) is 29.0 Å². The summed E-state index contributed by atoms with van der Waals surface area (Å²) in [5.41, 5.74) is 5.17. The van der Waals surface area contributed by atoms with Gasteiger partial charge in [-0.05, 0) is 82.6 Å². The Kier molecular flexibility index (Phi) is 9.30. The smallest absolute Gasteiger partial charge is 0.280 e. The van der Waals surface area contributed by atoms with E-state index in [2.05, 4.69) is 15.5 Å². The number of aliphatic hydroxyl groups excluding tert-OH is 1. The van der Waals surface area contributed by atoms with Crippen molar-refractivity contribution in [2.45, 2.75) is 110 Å². The number of aliphatic hydroxyl groups is 2. The Hall–Kier alpha value is -3.97. The number of amidine groups is 1. The molecule has 1 saturated carbocycles. The van der Waals surface area contributed by atoms with E-state index >= 15 is 4.39 Å². The highest BCUT2D eigenvalue weighted by Crippen LogP contribution is 2.33. The molecule has 3 heterocycles. The minimum atomic E-state index is -1.31. The standard InChI is InChI=1S/C35H43FN6O5/c1-6-9-30-28(18-23-13-12-22(19-29(23)36)26-10-7-8-11-27(26)31-38-34(44)47-40-31)32(43)41(33-37-21(3)39-42(30)33)24-14-16-25(17-15-24)46-20(2)35(4,5)45/h7-8,10-13,19-20,24-25,34,44-45H,6,9,14-18H2,1-5H3,(H,38,40). The van der Waals surface area contributed by atoms with E-state index in [1.165, 1.54) is 6.07 Å². The van der Waals surface area contributed by atoms with E-state index in [1.807, 2.05) is 51.1 Å². The number of hydrogen-bond acceptors (Lipinski definition) is 9. The number of benzene rings is 2. The highest BCUT2D eigenvalue weighted by atomic mass is 19.1. The number of rotatable bonds is 10. The number of fused-ring (bicyclic) bond motifs is 1. The molecule has 1 aliphatic heterocycles. The summed E-state index contributed by atoms with van der Waals surface area (Å²) in [4.78, 5) is 28.1. The summed E-state index contributed by atoms with van der Waals surface area (Å²) in [5, 5.41) is 24.7. The van der Waals surface area contributed by atoms with Crippen molar-refractivity contribution in [2.24, 2.45) is 4.99 Å². The lowest BCUT2D eigenvalue weighted by atomic mass is 9.91. The predicted octanol–water partition coefficient (Wildman–Crippen LogP) is 4.77. The summed E-state index contributed by atoms with van der Waals surface area (Å²) < 4.78 is 25.7. The van der Waals surface area contributed by atoms with Gasteiger partial charge in [-0.3, -0.25) is 9.36 Å². The molecule has 250 valence electrons. The van der Waals surface area contributed by atoms with Gasteiger partial charge in [0.1, 0.15) is 11.6 Å². The molecule has 0 saturated heterocycles. The van der Waals surface area contributed by atoms with Gasteiger partial charge in [0.2, 0.25) is 5.78 Å². The predicted molar refractivity (Wildman–Crippen MR) is 176 cm³/mol. The second kappa shape index (κ2) is 13.3. The van der Waals surface area contributed by atoms with Gasteiger partial charge in [0.15, 0.2) is 5.84 Å². The zero-order valence-electron chi connectivity index (χ0n) is 27.5. The Morgan fingerprint density at radius 1 is 1.15 bits per heavy atom. The average molecular weight is 647 g/mol. The van der Waals surface area contributed by atoms with Crippen molar-refractivity contribution in [3.63, 3.8) is 0 Å². The summed E-state index contributed by atoms with van der Waals surface area (Å²) in [7, 11) is 0. The molecule has 6 rings (SSSR count). The molecule has 47 heavy (non-hydrogen) atoms. The van der Waals surface area contributed by atoms with Crippen LogP contribution in [0.2, 0.25) is 0 Å². The quantitative estimate of drug-likeness (QED) is 0.224. The molecule has 0 amide bonds. The third-order valence-corrected chi connectivity index (χ3v) is 9.29. The first-order chi connectivity index (χ1) is 22.4. The zero-order valence-corrected chi connectivity index (χ0v) is 27.5. The molecule has 2 atom stereocenters. The van der Waals surface area contributed by atoms with Crippen molar-refractivity contribution in [3.05, 3.63) is 86.8 Å². The Bertz CT molecular complexity index is 1850. The van der Waals surface area contributed by atoms with Crippen LogP contribution >= 0.6 is 0 Å². The van der Waals surface area contributed by atoms with Crippen LogP contribution in [0.5, 0.6) is 0 Å². The summed E-state index contributed by atoms with van der Waals surface area (Å²) in [5.74, 6) is 0.999. The van der Waals surface area contributed by atoms with Crippen molar-refractivity contribution >= 4 is 11.6 Å². The number of halogens is 1. The van der Waals surface area contributed by atoms with Crippen LogP contribution < -0.4 is 11.0 Å². The fourth-order valence-electron chi connectivity index (χ4n) is 6.51. The maximum atomic E-state index is 16.0. The minimum absolute atomic E-state index is 0.00954. The van der Waals surface area contributed by atoms with Gasteiger partial charge in [0.05, 0.1) is 23.5 Å². The fraction of sp³-hybridized carbons (Fsp3) is 0.486. The van der Waals surface area contributed by atoms with E-state index in [0.717, 1.165) is 25.0 Å². The number of aliphatic imine (C=N–C) groups is 1. The van der Waals surface area contributed by atoms with Crippen molar-refractivity contribution in [3.8, 4) is 11.1 Å². The third kappa shape index (κ3) is 6.73. The van der Waals surface area contributed by atoms with E-state index in [-0.39, 0.29) is 30.2 Å². The molecule has 2 aromatic heterocycles. The van der Waals surface area contributed by atoms with Gasteiger partial charge < -0.3 is 14.9 Å². The number of nitrogens with zero attached hydrogens (tertiary/aromatic N) is 5. The summed E-state index contributed by atoms with van der Waals surface area (Å²) >= 11 is 0. The van der Waals surface area contributed by atoms with Gasteiger partial charge >= 0.3 is 0 Å². The molecule has 0 radical (unpaired) electrons. The molecule has 2 unspecified atom stereocenters. The first kappa shape index (κ1) is 33.0. The van der Waals surface area contributed by atoms with E-state index in [4.69, 9.17) is 14.7 Å². The van der Waals surface area contributed by atoms with Crippen LogP contribution in [-0.2, 0) is 22.4 Å². The lowest BCUT2D eigenvalue weighted by molar-refractivity contribution is -0.118. The van der Waals surface area contributed by atoms with Crippen molar-refractivity contribution in [1.29, 1.82) is 0 Å². The van der Waals surface area contributed by atoms with Gasteiger partial charge in [0, 0.05) is 23.6 Å². The fourth-order valence-corrected chi connectivity index (χ4v) is 6.51. The normalized spacial score (nSPS) is 20.8. The lowest BCUT2D eigenvalue weighted by Crippen LogP contribution is -2.40. The Labute approximate surface area is 273 Å². The molecule has 4 aromatic rings. The maximum absolute atomic E-state index is 16.0. The van der Waals surface area contributed by atoms with Crippen LogP contribution in [0.15, 0.2) is 52.3 Å². The molecular formula is C35H43FN6O5. The molecule has 1 fully saturated rings. The van der Waals surface area contributed by atoms with E-state index in [0.29, 0.717) is 64.5 Å². The molecule has 0 bridgehead atoms. The van der Waals surface area contributed by atoms with Crippen LogP contribution in [0, 0.1) is 12.7 Å². The Morgan fingerprint density at radius 3 is 2.51 bits per heavy atom. The molecular weight excluding hydrogens is 603 g/mol. The maximum Gasteiger partial charge on any atom is 0.280 e. The van der Waals surface area contributed by atoms with Crippen LogP contribution in [0.3, 0.4) is 0 Å². The van der Waals surface area contributed by atoms with Crippen molar-refractivity contribution < 1.29 is 24.2 Å². The zero-order chi connectivity index (χ0) is 33.5. The van der Waals surface area contributed by atoms with Crippen LogP contribution in [-0.4, -0.2) is 59.4 Å². The largest absolute Gasteiger partial charge is 0.388 e. The lowest BCUT2D eigenvalue weighted by Gasteiger charge is -2.35. The van der Waals surface area contributed by atoms with Crippen molar-refractivity contribution in [2.75, 3.05) is 0 Å². The van der Waals surface area contributed by atoms with Gasteiger partial charge in [-0.25, -0.2) is 24.2 Å². The molecule has 12 heteroatoms. The average Bonchev–Trinajstić information content (AvgIpc) is 3.65. The van der Waals surface area contributed by atoms with E-state index in [9.17, 15) is 15.0 Å². The molecule has 0 spiro atoms. The number of hydroxylamine groups is 1. The van der Waals surface area contributed by atoms with Gasteiger partial charge in [0.25, 0.3) is 12.0 Å². The SMILES string of the molecule is CCCc1c(Cc2ccc(-c3ccccc3C3=NC(O)ON3)cc2F)c(=O)n(C2CCC(OC(C)C(C)(C)O)CC2)c2nc(C)nn12. The van der Waals surface area contributed by atoms with Crippen LogP contribution in [0.25, 0.3) is 16.9 Å². The monoisotopic (exact) mass is 646 g/mol. The molecule has 1 aliphatic carbocycles. The minimum Gasteiger partial charge on any atom is -0.388 e. The summed E-state index contributed by atoms with van der Waals surface area (Å²) in [6.45, 7) is 9.22. The van der Waals surface area contributed by atoms with Gasteiger partial charge in [-0.1, -0.05) is 49.7 Å². The summed E-state index contributed by atoms with van der Waals surface area (Å²) in [6.07, 6.45) is 2.75. The topological polar surface area (TPSA) is 136 Å². The first-order valence-electron chi connectivity index (χ1n) is 16.4.